The van der Waals surface area contributed by atoms with Gasteiger partial charge in [0.25, 0.3) is 0 Å². The Bertz CT molecular complexity index is 189. The Morgan fingerprint density at radius 1 is 1.54 bits per heavy atom. The van der Waals surface area contributed by atoms with Crippen LogP contribution in [0.15, 0.2) is 0 Å². The molecule has 4 atom stereocenters. The second kappa shape index (κ2) is 4.64. The van der Waals surface area contributed by atoms with Crippen molar-refractivity contribution in [2.24, 2.45) is 0 Å². The van der Waals surface area contributed by atoms with Crippen LogP contribution in [0.5, 0.6) is 0 Å². The van der Waals surface area contributed by atoms with Crippen molar-refractivity contribution in [2.75, 3.05) is 6.61 Å². The monoisotopic (exact) mass is 195 g/mol. The van der Waals surface area contributed by atoms with E-state index in [0.717, 1.165) is 0 Å². The highest BCUT2D eigenvalue weighted by atomic mass is 16.4. The minimum Gasteiger partial charge on any atom is -0.394 e. The normalized spacial score (nSPS) is 23.9. The highest BCUT2D eigenvalue weighted by Gasteiger charge is 2.41. The Kier molecular flexibility index (Phi) is 3.76. The van der Waals surface area contributed by atoms with E-state index in [2.05, 4.69) is 0 Å². The summed E-state index contributed by atoms with van der Waals surface area (Å²) in [6.45, 7) is -1.74. The maximum Gasteiger partial charge on any atom is 0.151 e. The molecule has 0 saturated carbocycles. The van der Waals surface area contributed by atoms with Gasteiger partial charge in [0.1, 0.15) is 23.9 Å². The molecule has 13 heavy (non-hydrogen) atoms. The highest BCUT2D eigenvalue weighted by Crippen LogP contribution is 2.16. The van der Waals surface area contributed by atoms with Gasteiger partial charge in [0, 0.05) is 1.37 Å². The van der Waals surface area contributed by atoms with E-state index in [1.165, 1.54) is 0 Å². The molecule has 0 spiro atoms. The summed E-state index contributed by atoms with van der Waals surface area (Å²) in [5, 5.41) is 45.1. The van der Waals surface area contributed by atoms with Crippen molar-refractivity contribution < 1.29 is 31.7 Å². The fraction of sp³-hybridized carbons (Fsp3) is 0.857. The molecule has 0 radical (unpaired) electrons. The van der Waals surface area contributed by atoms with Crippen LogP contribution in [-0.2, 0) is 4.79 Å². The molecule has 0 heterocycles. The zero-order valence-corrected chi connectivity index (χ0v) is 6.87. The number of hydrogen-bond donors (Lipinski definition) is 5. The van der Waals surface area contributed by atoms with Crippen molar-refractivity contribution in [1.29, 1.82) is 0 Å². The lowest BCUT2D eigenvalue weighted by molar-refractivity contribution is -0.173. The highest BCUT2D eigenvalue weighted by molar-refractivity contribution is 5.58. The van der Waals surface area contributed by atoms with Crippen LogP contribution >= 0.6 is 0 Å². The van der Waals surface area contributed by atoms with E-state index in [-0.39, 0.29) is 6.29 Å². The third-order valence-corrected chi connectivity index (χ3v) is 1.70. The van der Waals surface area contributed by atoms with E-state index < -0.39 is 37.4 Å². The van der Waals surface area contributed by atoms with Gasteiger partial charge in [-0.2, -0.15) is 0 Å². The first-order valence-electron chi connectivity index (χ1n) is 4.26. The fourth-order valence-corrected chi connectivity index (χ4v) is 0.726. The molecule has 0 unspecified atom stereocenters. The summed E-state index contributed by atoms with van der Waals surface area (Å²) >= 11 is 0. The first-order valence-corrected chi connectivity index (χ1v) is 3.56. The number of aldehydes is 1. The number of hydrogen-bond acceptors (Lipinski definition) is 6. The molecule has 5 N–H and O–H groups in total. The number of carbonyl (C=O) groups excluding carboxylic acids is 1. The van der Waals surface area contributed by atoms with Crippen molar-refractivity contribution in [2.45, 2.75) is 30.8 Å². The minimum absolute atomic E-state index is 0.0537. The molecule has 0 rings (SSSR count). The van der Waals surface area contributed by atoms with E-state index in [0.29, 0.717) is 0 Å². The molecule has 0 saturated heterocycles. The zero-order chi connectivity index (χ0) is 11.4. The van der Waals surface area contributed by atoms with Gasteiger partial charge < -0.3 is 30.3 Å². The van der Waals surface area contributed by atoms with Gasteiger partial charge in [0.05, 0.1) is 6.61 Å². The molecule has 6 heteroatoms. The number of carbonyl (C=O) groups is 1. The number of rotatable bonds is 5. The second-order valence-electron chi connectivity index (χ2n) is 2.77. The summed E-state index contributed by atoms with van der Waals surface area (Å²) in [5.41, 5.74) is -2.47. The van der Waals surface area contributed by atoms with Crippen molar-refractivity contribution in [3.05, 3.63) is 0 Å². The Balaban J connectivity index is 4.74. The summed E-state index contributed by atoms with van der Waals surface area (Å²) in [7, 11) is 0. The third-order valence-electron chi connectivity index (χ3n) is 1.70. The van der Waals surface area contributed by atoms with E-state index in [1.807, 2.05) is 0 Å². The molecule has 0 bridgehead atoms. The standard InChI is InChI=1S/C7H14O6/c1-7(13,5(11)3-9)6(12)4(10)2-8/h3-6,8,10-13H,2H2,1H3/t4-,5+,6+,7-/m1/s1/i1D. The van der Waals surface area contributed by atoms with Gasteiger partial charge in [0.2, 0.25) is 0 Å². The lowest BCUT2D eigenvalue weighted by Gasteiger charge is -2.32. The molecule has 0 amide bonds. The summed E-state index contributed by atoms with van der Waals surface area (Å²) in [5.74, 6) is 0. The maximum atomic E-state index is 10.2. The molecule has 0 aliphatic carbocycles. The average Bonchev–Trinajstić information content (AvgIpc) is 2.24. The van der Waals surface area contributed by atoms with Gasteiger partial charge >= 0.3 is 0 Å². The fourth-order valence-electron chi connectivity index (χ4n) is 0.726. The van der Waals surface area contributed by atoms with Gasteiger partial charge in [-0.05, 0) is 6.90 Å². The summed E-state index contributed by atoms with van der Waals surface area (Å²) in [6, 6.07) is 0. The first-order chi connectivity index (χ1) is 6.43. The summed E-state index contributed by atoms with van der Waals surface area (Å²) in [4.78, 5) is 10.2. The van der Waals surface area contributed by atoms with E-state index >= 15 is 0 Å². The summed E-state index contributed by atoms with van der Waals surface area (Å²) in [6.07, 6.45) is -5.73. The molecule has 0 aromatic heterocycles. The molecule has 0 aromatic carbocycles. The van der Waals surface area contributed by atoms with Crippen LogP contribution in [0.3, 0.4) is 0 Å². The van der Waals surface area contributed by atoms with Crippen molar-refractivity contribution in [3.63, 3.8) is 0 Å². The van der Waals surface area contributed by atoms with Gasteiger partial charge in [-0.3, -0.25) is 0 Å². The van der Waals surface area contributed by atoms with E-state index in [9.17, 15) is 15.0 Å². The minimum atomic E-state index is -2.47. The van der Waals surface area contributed by atoms with Crippen molar-refractivity contribution >= 4 is 6.29 Å². The van der Waals surface area contributed by atoms with Crippen LogP contribution in [0.1, 0.15) is 8.27 Å². The topological polar surface area (TPSA) is 118 Å². The largest absolute Gasteiger partial charge is 0.394 e. The molecule has 0 aliphatic heterocycles. The SMILES string of the molecule is [2H]C[C@@](O)([C@@H](O)C=O)[C@@H](O)[C@H](O)CO. The van der Waals surface area contributed by atoms with Gasteiger partial charge in [0.15, 0.2) is 6.29 Å². The second-order valence-corrected chi connectivity index (χ2v) is 2.77. The van der Waals surface area contributed by atoms with E-state index in [4.69, 9.17) is 16.7 Å². The zero-order valence-electron chi connectivity index (χ0n) is 7.87. The molecule has 0 fully saturated rings. The van der Waals surface area contributed by atoms with Gasteiger partial charge in [-0.1, -0.05) is 0 Å². The van der Waals surface area contributed by atoms with Crippen LogP contribution in [0.2, 0.25) is 0 Å². The number of aliphatic hydroxyl groups is 5. The number of aliphatic hydroxyl groups excluding tert-OH is 4. The molecule has 78 valence electrons. The Hall–Kier alpha value is -0.530. The Morgan fingerprint density at radius 2 is 2.08 bits per heavy atom. The molecular weight excluding hydrogens is 180 g/mol. The molecule has 0 aliphatic rings. The predicted molar refractivity (Wildman–Crippen MR) is 41.8 cm³/mol. The van der Waals surface area contributed by atoms with Gasteiger partial charge in [-0.15, -0.1) is 0 Å². The Morgan fingerprint density at radius 3 is 2.38 bits per heavy atom. The Labute approximate surface area is 76.5 Å². The lowest BCUT2D eigenvalue weighted by Crippen LogP contribution is -2.56. The maximum absolute atomic E-state index is 10.2. The van der Waals surface area contributed by atoms with Crippen molar-refractivity contribution in [1.82, 2.24) is 0 Å². The van der Waals surface area contributed by atoms with Crippen LogP contribution < -0.4 is 0 Å². The van der Waals surface area contributed by atoms with Gasteiger partial charge in [-0.25, -0.2) is 0 Å². The van der Waals surface area contributed by atoms with Crippen LogP contribution in [-0.4, -0.2) is 62.3 Å². The van der Waals surface area contributed by atoms with Crippen LogP contribution in [0.4, 0.5) is 0 Å². The first kappa shape index (κ1) is 10.6. The average molecular weight is 195 g/mol. The molecular formula is C7H14O6. The lowest BCUT2D eigenvalue weighted by atomic mass is 9.90. The molecule has 0 aromatic rings. The smallest absolute Gasteiger partial charge is 0.151 e. The van der Waals surface area contributed by atoms with Crippen LogP contribution in [0, 0.1) is 0 Å². The third kappa shape index (κ3) is 2.71. The van der Waals surface area contributed by atoms with E-state index in [1.54, 1.807) is 0 Å². The predicted octanol–water partition coefficient (Wildman–Crippen LogP) is -2.99. The summed E-state index contributed by atoms with van der Waals surface area (Å²) < 4.78 is 6.87. The quantitative estimate of drug-likeness (QED) is 0.299. The van der Waals surface area contributed by atoms with Crippen LogP contribution in [0.25, 0.3) is 0 Å². The van der Waals surface area contributed by atoms with Crippen molar-refractivity contribution in [3.8, 4) is 0 Å². The molecule has 6 nitrogen and oxygen atoms in total.